The first-order valence-electron chi connectivity index (χ1n) is 6.29. The fourth-order valence-corrected chi connectivity index (χ4v) is 3.73. The number of fused-ring (bicyclic) bond motifs is 1. The molecule has 0 aromatic rings. The Kier molecular flexibility index (Phi) is 2.99. The highest BCUT2D eigenvalue weighted by Gasteiger charge is 2.43. The van der Waals surface area contributed by atoms with E-state index < -0.39 is 0 Å². The van der Waals surface area contributed by atoms with Crippen molar-refractivity contribution in [3.8, 4) is 0 Å². The Morgan fingerprint density at radius 1 is 1.33 bits per heavy atom. The molecular formula is C14H22O. The van der Waals surface area contributed by atoms with Crippen LogP contribution >= 0.6 is 0 Å². The van der Waals surface area contributed by atoms with Crippen molar-refractivity contribution in [2.24, 2.45) is 23.7 Å². The molecule has 84 valence electrons. The van der Waals surface area contributed by atoms with Crippen LogP contribution < -0.4 is 0 Å². The van der Waals surface area contributed by atoms with Crippen LogP contribution in [-0.4, -0.2) is 5.78 Å². The van der Waals surface area contributed by atoms with Crippen molar-refractivity contribution < 1.29 is 4.79 Å². The van der Waals surface area contributed by atoms with Crippen molar-refractivity contribution in [1.29, 1.82) is 0 Å². The van der Waals surface area contributed by atoms with Gasteiger partial charge in [-0.3, -0.25) is 4.79 Å². The number of ketones is 1. The summed E-state index contributed by atoms with van der Waals surface area (Å²) in [6.45, 7) is 8.59. The second-order valence-corrected chi connectivity index (χ2v) is 5.55. The first-order chi connectivity index (χ1) is 7.11. The van der Waals surface area contributed by atoms with E-state index in [1.165, 1.54) is 18.4 Å². The lowest BCUT2D eigenvalue weighted by Crippen LogP contribution is -2.26. The number of Topliss-reactive ketones (excluding diaryl/α,β-unsaturated/α-hetero) is 1. The highest BCUT2D eigenvalue weighted by molar-refractivity contribution is 5.82. The van der Waals surface area contributed by atoms with Crippen molar-refractivity contribution in [2.45, 2.75) is 46.0 Å². The smallest absolute Gasteiger partial charge is 0.136 e. The molecule has 0 N–H and O–H groups in total. The standard InChI is InChI=1S/C14H22O/c1-9(2)11-5-4-6-13(15)12-8-7-10(3)14(11)12/h10-12,14H,1,4-8H2,2-3H3/t10-,11+,12+,14-/m1/s1. The normalized spacial score (nSPS) is 41.1. The molecule has 2 rings (SSSR count). The maximum absolute atomic E-state index is 12.0. The first-order valence-corrected chi connectivity index (χ1v) is 6.29. The minimum atomic E-state index is 0.365. The van der Waals surface area contributed by atoms with E-state index in [0.717, 1.165) is 25.2 Å². The van der Waals surface area contributed by atoms with Crippen LogP contribution in [0.25, 0.3) is 0 Å². The van der Waals surface area contributed by atoms with Crippen LogP contribution in [0.4, 0.5) is 0 Å². The summed E-state index contributed by atoms with van der Waals surface area (Å²) in [5.74, 6) is 2.84. The van der Waals surface area contributed by atoms with Gasteiger partial charge in [-0.05, 0) is 50.4 Å². The van der Waals surface area contributed by atoms with Crippen LogP contribution in [0, 0.1) is 23.7 Å². The minimum Gasteiger partial charge on any atom is -0.299 e. The first kappa shape index (κ1) is 10.9. The van der Waals surface area contributed by atoms with Gasteiger partial charge in [0.1, 0.15) is 5.78 Å². The Hall–Kier alpha value is -0.590. The van der Waals surface area contributed by atoms with Crippen molar-refractivity contribution in [1.82, 2.24) is 0 Å². The SMILES string of the molecule is C=C(C)[C@@H]1CCCC(=O)[C@@H]2CC[C@@H](C)[C@H]12. The van der Waals surface area contributed by atoms with Gasteiger partial charge in [0.05, 0.1) is 0 Å². The summed E-state index contributed by atoms with van der Waals surface area (Å²) < 4.78 is 0. The van der Waals surface area contributed by atoms with E-state index in [2.05, 4.69) is 20.4 Å². The van der Waals surface area contributed by atoms with Crippen LogP contribution in [-0.2, 0) is 4.79 Å². The molecule has 15 heavy (non-hydrogen) atoms. The summed E-state index contributed by atoms with van der Waals surface area (Å²) in [7, 11) is 0. The molecule has 0 unspecified atom stereocenters. The highest BCUT2D eigenvalue weighted by atomic mass is 16.1. The number of carbonyl (C=O) groups excluding carboxylic acids is 1. The zero-order valence-electron chi connectivity index (χ0n) is 9.96. The lowest BCUT2D eigenvalue weighted by atomic mass is 9.75. The van der Waals surface area contributed by atoms with Crippen molar-refractivity contribution in [3.05, 3.63) is 12.2 Å². The van der Waals surface area contributed by atoms with Crippen LogP contribution in [0.5, 0.6) is 0 Å². The predicted molar refractivity (Wildman–Crippen MR) is 62.5 cm³/mol. The Balaban J connectivity index is 2.26. The van der Waals surface area contributed by atoms with Gasteiger partial charge in [0.2, 0.25) is 0 Å². The zero-order chi connectivity index (χ0) is 11.0. The second kappa shape index (κ2) is 4.11. The fraction of sp³-hybridized carbons (Fsp3) is 0.786. The molecule has 2 fully saturated rings. The lowest BCUT2D eigenvalue weighted by molar-refractivity contribution is -0.123. The summed E-state index contributed by atoms with van der Waals surface area (Å²) in [6.07, 6.45) is 5.46. The molecule has 0 aliphatic heterocycles. The summed E-state index contributed by atoms with van der Waals surface area (Å²) in [5.41, 5.74) is 1.30. The molecule has 0 aromatic carbocycles. The Morgan fingerprint density at radius 3 is 2.73 bits per heavy atom. The molecule has 0 aromatic heterocycles. The maximum Gasteiger partial charge on any atom is 0.136 e. The highest BCUT2D eigenvalue weighted by Crippen LogP contribution is 2.47. The van der Waals surface area contributed by atoms with Crippen LogP contribution in [0.3, 0.4) is 0 Å². The number of carbonyl (C=O) groups is 1. The third-order valence-electron chi connectivity index (χ3n) is 4.50. The number of allylic oxidation sites excluding steroid dienone is 1. The van der Waals surface area contributed by atoms with Gasteiger partial charge >= 0.3 is 0 Å². The van der Waals surface area contributed by atoms with E-state index in [9.17, 15) is 4.79 Å². The van der Waals surface area contributed by atoms with Crippen LogP contribution in [0.2, 0.25) is 0 Å². The molecule has 0 bridgehead atoms. The van der Waals surface area contributed by atoms with E-state index in [0.29, 0.717) is 23.5 Å². The average Bonchev–Trinajstić information content (AvgIpc) is 2.45. The molecule has 0 amide bonds. The summed E-state index contributed by atoms with van der Waals surface area (Å²) >= 11 is 0. The van der Waals surface area contributed by atoms with Gasteiger partial charge in [0, 0.05) is 12.3 Å². The number of hydrogen-bond donors (Lipinski definition) is 0. The molecule has 0 saturated heterocycles. The monoisotopic (exact) mass is 206 g/mol. The topological polar surface area (TPSA) is 17.1 Å². The zero-order valence-corrected chi connectivity index (χ0v) is 9.96. The van der Waals surface area contributed by atoms with Crippen molar-refractivity contribution >= 4 is 5.78 Å². The van der Waals surface area contributed by atoms with Crippen molar-refractivity contribution in [2.75, 3.05) is 0 Å². The average molecular weight is 206 g/mol. The fourth-order valence-electron chi connectivity index (χ4n) is 3.73. The third kappa shape index (κ3) is 1.89. The molecule has 1 nitrogen and oxygen atoms in total. The van der Waals surface area contributed by atoms with E-state index in [4.69, 9.17) is 0 Å². The van der Waals surface area contributed by atoms with Crippen LogP contribution in [0.1, 0.15) is 46.0 Å². The molecule has 4 atom stereocenters. The Bertz CT molecular complexity index is 279. The van der Waals surface area contributed by atoms with Gasteiger partial charge in [-0.25, -0.2) is 0 Å². The molecule has 2 aliphatic carbocycles. The number of hydrogen-bond acceptors (Lipinski definition) is 1. The summed E-state index contributed by atoms with van der Waals surface area (Å²) in [6, 6.07) is 0. The van der Waals surface area contributed by atoms with E-state index in [1.807, 2.05) is 0 Å². The molecular weight excluding hydrogens is 184 g/mol. The molecule has 2 aliphatic rings. The molecule has 1 heteroatoms. The molecule has 2 saturated carbocycles. The maximum atomic E-state index is 12.0. The second-order valence-electron chi connectivity index (χ2n) is 5.55. The largest absolute Gasteiger partial charge is 0.299 e. The number of rotatable bonds is 1. The van der Waals surface area contributed by atoms with E-state index >= 15 is 0 Å². The van der Waals surface area contributed by atoms with Crippen LogP contribution in [0.15, 0.2) is 12.2 Å². The van der Waals surface area contributed by atoms with Crippen molar-refractivity contribution in [3.63, 3.8) is 0 Å². The minimum absolute atomic E-state index is 0.365. The van der Waals surface area contributed by atoms with Gasteiger partial charge in [0.15, 0.2) is 0 Å². The molecule has 0 radical (unpaired) electrons. The quantitative estimate of drug-likeness (QED) is 0.599. The lowest BCUT2D eigenvalue weighted by Gasteiger charge is -2.29. The van der Waals surface area contributed by atoms with Gasteiger partial charge in [-0.15, -0.1) is 0 Å². The van der Waals surface area contributed by atoms with Gasteiger partial charge < -0.3 is 0 Å². The Labute approximate surface area is 92.9 Å². The predicted octanol–water partition coefficient (Wildman–Crippen LogP) is 3.59. The summed E-state index contributed by atoms with van der Waals surface area (Å²) in [5, 5.41) is 0. The van der Waals surface area contributed by atoms with E-state index in [1.54, 1.807) is 0 Å². The molecule has 0 heterocycles. The van der Waals surface area contributed by atoms with Gasteiger partial charge in [0.25, 0.3) is 0 Å². The van der Waals surface area contributed by atoms with Gasteiger partial charge in [-0.2, -0.15) is 0 Å². The third-order valence-corrected chi connectivity index (χ3v) is 4.50. The molecule has 0 spiro atoms. The van der Waals surface area contributed by atoms with Gasteiger partial charge in [-0.1, -0.05) is 19.1 Å². The Morgan fingerprint density at radius 2 is 2.07 bits per heavy atom. The summed E-state index contributed by atoms with van der Waals surface area (Å²) in [4.78, 5) is 12.0. The van der Waals surface area contributed by atoms with E-state index in [-0.39, 0.29) is 0 Å².